The molecule has 0 aromatic rings. The molecular weight excluding hydrogens is 527 g/mol. The summed E-state index contributed by atoms with van der Waals surface area (Å²) in [6.07, 6.45) is 2.29. The van der Waals surface area contributed by atoms with E-state index in [1.165, 1.54) is 6.92 Å². The van der Waals surface area contributed by atoms with Crippen LogP contribution in [0.25, 0.3) is 0 Å². The molecule has 0 aliphatic carbocycles. The Morgan fingerprint density at radius 2 is 1.71 bits per heavy atom. The van der Waals surface area contributed by atoms with E-state index in [0.29, 0.717) is 12.8 Å². The minimum Gasteiger partial charge on any atom is -0.460 e. The van der Waals surface area contributed by atoms with Crippen LogP contribution in [0.3, 0.4) is 0 Å². The van der Waals surface area contributed by atoms with Crippen LogP contribution in [0.2, 0.25) is 18.1 Å². The molecule has 6 nitrogen and oxygen atoms in total. The molecule has 0 spiro atoms. The van der Waals surface area contributed by atoms with Gasteiger partial charge in [-0.1, -0.05) is 43.4 Å². The standard InChI is InChI=1S/C23H41IO6Si/c1-15(25)27-23-14-16(29-31(9,10)21(5,6)7)11-12-22(8,30-23)18(24)13-17(23)19(26)28-20(2,3)4/h16-18H,11-14H2,1-10H3/t16-,17-,18-,22-,23+/m0/s1. The zero-order valence-corrected chi connectivity index (χ0v) is 24.0. The van der Waals surface area contributed by atoms with E-state index >= 15 is 0 Å². The number of hydrogen-bond donors (Lipinski definition) is 0. The number of fused-ring (bicyclic) bond motifs is 2. The smallest absolute Gasteiger partial charge is 0.316 e. The van der Waals surface area contributed by atoms with Crippen LogP contribution in [0, 0.1) is 5.92 Å². The topological polar surface area (TPSA) is 71.1 Å². The lowest BCUT2D eigenvalue weighted by atomic mass is 9.82. The molecular formula is C23H41IO6Si. The van der Waals surface area contributed by atoms with Crippen LogP contribution in [0.1, 0.15) is 81.1 Å². The number of carbonyl (C=O) groups is 2. The van der Waals surface area contributed by atoms with Gasteiger partial charge in [0.1, 0.15) is 11.5 Å². The van der Waals surface area contributed by atoms with Crippen molar-refractivity contribution in [2.45, 2.75) is 126 Å². The molecule has 0 amide bonds. The second-order valence-electron chi connectivity index (χ2n) is 11.9. The maximum Gasteiger partial charge on any atom is 0.316 e. The van der Waals surface area contributed by atoms with Gasteiger partial charge in [-0.2, -0.15) is 0 Å². The van der Waals surface area contributed by atoms with Gasteiger partial charge in [-0.05, 0) is 65.1 Å². The molecule has 2 aliphatic rings. The van der Waals surface area contributed by atoms with Gasteiger partial charge in [-0.25, -0.2) is 0 Å². The van der Waals surface area contributed by atoms with Gasteiger partial charge in [0.05, 0.1) is 11.7 Å². The summed E-state index contributed by atoms with van der Waals surface area (Å²) < 4.78 is 25.1. The Hall–Kier alpha value is -0.193. The third-order valence-electron chi connectivity index (χ3n) is 6.79. The van der Waals surface area contributed by atoms with Gasteiger partial charge in [0.25, 0.3) is 0 Å². The highest BCUT2D eigenvalue weighted by Gasteiger charge is 2.62. The second-order valence-corrected chi connectivity index (χ2v) is 18.1. The molecule has 0 N–H and O–H groups in total. The van der Waals surface area contributed by atoms with E-state index in [1.54, 1.807) is 0 Å². The molecule has 5 atom stereocenters. The van der Waals surface area contributed by atoms with Gasteiger partial charge in [0, 0.05) is 17.3 Å². The Bertz CT molecular complexity index is 697. The summed E-state index contributed by atoms with van der Waals surface area (Å²) in [5.74, 6) is -2.93. The number of alkyl halides is 1. The molecule has 180 valence electrons. The molecule has 2 fully saturated rings. The maximum atomic E-state index is 13.3. The molecule has 0 aromatic heterocycles. The van der Waals surface area contributed by atoms with Gasteiger partial charge in [-0.3, -0.25) is 9.59 Å². The van der Waals surface area contributed by atoms with Crippen LogP contribution in [-0.4, -0.2) is 47.3 Å². The zero-order valence-electron chi connectivity index (χ0n) is 20.9. The summed E-state index contributed by atoms with van der Waals surface area (Å²) in [7, 11) is -2.07. The SMILES string of the molecule is CC(=O)O[C@]12C[C@@H](O[Si](C)(C)C(C)(C)C)CC[C@](C)(O1)[C@@H](I)C[C@H]2C(=O)OC(C)(C)C. The van der Waals surface area contributed by atoms with Crippen molar-refractivity contribution < 1.29 is 28.2 Å². The molecule has 2 heterocycles. The fourth-order valence-electron chi connectivity index (χ4n) is 4.14. The number of rotatable bonds is 4. The molecule has 2 saturated heterocycles. The van der Waals surface area contributed by atoms with Crippen LogP contribution in [-0.2, 0) is 28.2 Å². The van der Waals surface area contributed by atoms with Crippen LogP contribution in [0.15, 0.2) is 0 Å². The van der Waals surface area contributed by atoms with Crippen molar-refractivity contribution in [3.05, 3.63) is 0 Å². The molecule has 0 unspecified atom stereocenters. The normalized spacial score (nSPS) is 34.6. The van der Waals surface area contributed by atoms with E-state index in [1.807, 2.05) is 20.8 Å². The van der Waals surface area contributed by atoms with Gasteiger partial charge in [-0.15, -0.1) is 0 Å². The van der Waals surface area contributed by atoms with Gasteiger partial charge >= 0.3 is 11.9 Å². The van der Waals surface area contributed by atoms with Gasteiger partial charge in [0.2, 0.25) is 5.79 Å². The molecule has 31 heavy (non-hydrogen) atoms. The number of halogens is 1. The highest BCUT2D eigenvalue weighted by molar-refractivity contribution is 14.1. The van der Waals surface area contributed by atoms with E-state index in [9.17, 15) is 9.59 Å². The van der Waals surface area contributed by atoms with Crippen molar-refractivity contribution in [3.8, 4) is 0 Å². The Morgan fingerprint density at radius 1 is 1.13 bits per heavy atom. The molecule has 2 aliphatic heterocycles. The van der Waals surface area contributed by atoms with E-state index in [-0.39, 0.29) is 21.0 Å². The molecule has 0 saturated carbocycles. The van der Waals surface area contributed by atoms with Crippen molar-refractivity contribution >= 4 is 42.8 Å². The van der Waals surface area contributed by atoms with E-state index in [2.05, 4.69) is 63.4 Å². The molecule has 0 radical (unpaired) electrons. The first kappa shape index (κ1) is 27.1. The van der Waals surface area contributed by atoms with Crippen LogP contribution in [0.4, 0.5) is 0 Å². The predicted octanol–water partition coefficient (Wildman–Crippen LogP) is 5.76. The van der Waals surface area contributed by atoms with Crippen molar-refractivity contribution in [2.24, 2.45) is 5.92 Å². The second kappa shape index (κ2) is 8.87. The Balaban J connectivity index is 2.49. The van der Waals surface area contributed by atoms with Crippen molar-refractivity contribution in [3.63, 3.8) is 0 Å². The fourth-order valence-corrected chi connectivity index (χ4v) is 6.48. The van der Waals surface area contributed by atoms with E-state index < -0.39 is 37.2 Å². The monoisotopic (exact) mass is 568 g/mol. The lowest BCUT2D eigenvalue weighted by molar-refractivity contribution is -0.313. The number of ether oxygens (including phenoxy) is 3. The third-order valence-corrected chi connectivity index (χ3v) is 13.2. The fraction of sp³-hybridized carbons (Fsp3) is 0.913. The molecule has 0 aromatic carbocycles. The van der Waals surface area contributed by atoms with Crippen LogP contribution < -0.4 is 0 Å². The first-order valence-corrected chi connectivity index (χ1v) is 15.4. The summed E-state index contributed by atoms with van der Waals surface area (Å²) >= 11 is 2.37. The van der Waals surface area contributed by atoms with Gasteiger partial charge < -0.3 is 18.6 Å². The summed E-state index contributed by atoms with van der Waals surface area (Å²) in [6, 6.07) is 0. The van der Waals surface area contributed by atoms with E-state index in [0.717, 1.165) is 12.8 Å². The van der Waals surface area contributed by atoms with E-state index in [4.69, 9.17) is 18.6 Å². The molecule has 2 rings (SSSR count). The van der Waals surface area contributed by atoms with Gasteiger partial charge in [0.15, 0.2) is 8.32 Å². The van der Waals surface area contributed by atoms with Crippen molar-refractivity contribution in [1.29, 1.82) is 0 Å². The zero-order chi connectivity index (χ0) is 24.0. The first-order chi connectivity index (χ1) is 13.8. The van der Waals surface area contributed by atoms with Crippen LogP contribution in [0.5, 0.6) is 0 Å². The predicted molar refractivity (Wildman–Crippen MR) is 132 cm³/mol. The Kier molecular flexibility index (Phi) is 7.74. The Labute approximate surface area is 202 Å². The highest BCUT2D eigenvalue weighted by Crippen LogP contribution is 2.52. The summed E-state index contributed by atoms with van der Waals surface area (Å²) in [6.45, 7) is 20.0. The lowest BCUT2D eigenvalue weighted by Crippen LogP contribution is -2.61. The highest BCUT2D eigenvalue weighted by atomic mass is 127. The molecule has 8 heteroatoms. The maximum absolute atomic E-state index is 13.3. The summed E-state index contributed by atoms with van der Waals surface area (Å²) in [5, 5.41) is 0.0457. The van der Waals surface area contributed by atoms with Crippen LogP contribution >= 0.6 is 22.6 Å². The number of hydrogen-bond acceptors (Lipinski definition) is 6. The minimum atomic E-state index is -2.07. The largest absolute Gasteiger partial charge is 0.460 e. The van der Waals surface area contributed by atoms with Crippen molar-refractivity contribution in [2.75, 3.05) is 0 Å². The quantitative estimate of drug-likeness (QED) is 0.186. The minimum absolute atomic E-state index is 0.0457. The Morgan fingerprint density at radius 3 is 2.19 bits per heavy atom. The van der Waals surface area contributed by atoms with Crippen molar-refractivity contribution in [1.82, 2.24) is 0 Å². The summed E-state index contributed by atoms with van der Waals surface area (Å²) in [4.78, 5) is 25.5. The third kappa shape index (κ3) is 6.23. The lowest BCUT2D eigenvalue weighted by Gasteiger charge is -2.50. The average molecular weight is 569 g/mol. The number of esters is 2. The average Bonchev–Trinajstić information content (AvgIpc) is 2.63. The summed E-state index contributed by atoms with van der Waals surface area (Å²) in [5.41, 5.74) is -1.15. The first-order valence-electron chi connectivity index (χ1n) is 11.2. The number of carbonyl (C=O) groups excluding carboxylic acids is 2. The molecule has 2 bridgehead atoms.